The van der Waals surface area contributed by atoms with Gasteiger partial charge in [0.1, 0.15) is 0 Å². The second-order valence-corrected chi connectivity index (χ2v) is 0.784. The number of rotatable bonds is 1. The van der Waals surface area contributed by atoms with E-state index in [1.165, 1.54) is 0 Å². The molecule has 0 rings (SSSR count). The van der Waals surface area contributed by atoms with Gasteiger partial charge in [-0.2, -0.15) is 5.10 Å². The zero-order chi connectivity index (χ0) is 5.70. The zero-order valence-corrected chi connectivity index (χ0v) is 3.76. The predicted molar refractivity (Wildman–Crippen MR) is 28.5 cm³/mol. The second-order valence-electron chi connectivity index (χ2n) is 0.784. The molecule has 0 amide bonds. The standard InChI is InChI=1S/C2H7N5/c1-5-7-2(3)6-4/h1,4H2,(H3,3,6,7). The van der Waals surface area contributed by atoms with Crippen LogP contribution in [-0.2, 0) is 0 Å². The van der Waals surface area contributed by atoms with Crippen LogP contribution in [-0.4, -0.2) is 12.7 Å². The van der Waals surface area contributed by atoms with E-state index in [2.05, 4.69) is 28.2 Å². The molecule has 0 unspecified atom stereocenters. The summed E-state index contributed by atoms with van der Waals surface area (Å²) in [5.74, 6) is 4.72. The minimum Gasteiger partial charge on any atom is -0.367 e. The third-order valence-electron chi connectivity index (χ3n) is 0.333. The van der Waals surface area contributed by atoms with Crippen LogP contribution in [0.1, 0.15) is 0 Å². The van der Waals surface area contributed by atoms with Crippen LogP contribution < -0.4 is 17.0 Å². The van der Waals surface area contributed by atoms with Crippen molar-refractivity contribution >= 4 is 12.7 Å². The third-order valence-corrected chi connectivity index (χ3v) is 0.333. The van der Waals surface area contributed by atoms with Crippen LogP contribution in [0.15, 0.2) is 10.2 Å². The van der Waals surface area contributed by atoms with Crippen molar-refractivity contribution in [1.29, 1.82) is 0 Å². The Morgan fingerprint density at radius 3 is 2.43 bits per heavy atom. The smallest absolute Gasteiger partial charge is 0.231 e. The Morgan fingerprint density at radius 2 is 2.29 bits per heavy atom. The molecule has 0 atom stereocenters. The molecule has 0 aliphatic carbocycles. The average Bonchev–Trinajstić information content (AvgIpc) is 1.68. The van der Waals surface area contributed by atoms with Gasteiger partial charge in [0.2, 0.25) is 5.96 Å². The van der Waals surface area contributed by atoms with Gasteiger partial charge in [-0.15, -0.1) is 5.10 Å². The van der Waals surface area contributed by atoms with E-state index >= 15 is 0 Å². The van der Waals surface area contributed by atoms with Crippen molar-refractivity contribution in [2.75, 3.05) is 0 Å². The topological polar surface area (TPSA) is 88.8 Å². The van der Waals surface area contributed by atoms with Gasteiger partial charge >= 0.3 is 0 Å². The Balaban J connectivity index is 3.36. The van der Waals surface area contributed by atoms with Crippen molar-refractivity contribution in [3.8, 4) is 0 Å². The van der Waals surface area contributed by atoms with Gasteiger partial charge in [0.25, 0.3) is 0 Å². The van der Waals surface area contributed by atoms with E-state index in [-0.39, 0.29) is 5.96 Å². The quantitative estimate of drug-likeness (QED) is 0.160. The maximum absolute atomic E-state index is 4.96. The molecule has 5 N–H and O–H groups in total. The molecule has 0 aromatic heterocycles. The summed E-state index contributed by atoms with van der Waals surface area (Å²) in [6.07, 6.45) is 0. The fourth-order valence-corrected chi connectivity index (χ4v) is 0.110. The number of nitrogens with two attached hydrogens (primary N) is 2. The van der Waals surface area contributed by atoms with E-state index < -0.39 is 0 Å². The summed E-state index contributed by atoms with van der Waals surface area (Å²) in [5, 5.41) is 6.20. The second kappa shape index (κ2) is 2.95. The SMILES string of the molecule is C=NNC(N)=NN. The highest BCUT2D eigenvalue weighted by atomic mass is 15.4. The molecule has 0 aliphatic rings. The van der Waals surface area contributed by atoms with Gasteiger partial charge in [-0.05, 0) is 0 Å². The number of nitrogens with zero attached hydrogens (tertiary/aromatic N) is 2. The molecule has 0 heterocycles. The first-order valence-electron chi connectivity index (χ1n) is 1.56. The summed E-state index contributed by atoms with van der Waals surface area (Å²) in [7, 11) is 0. The highest BCUT2D eigenvalue weighted by Crippen LogP contribution is 1.49. The van der Waals surface area contributed by atoms with E-state index in [0.717, 1.165) is 0 Å². The molecule has 0 aromatic rings. The Morgan fingerprint density at radius 1 is 1.71 bits per heavy atom. The van der Waals surface area contributed by atoms with Crippen LogP contribution in [0.5, 0.6) is 0 Å². The lowest BCUT2D eigenvalue weighted by molar-refractivity contribution is 0.998. The molecule has 40 valence electrons. The zero-order valence-electron chi connectivity index (χ0n) is 3.76. The largest absolute Gasteiger partial charge is 0.367 e. The lowest BCUT2D eigenvalue weighted by Gasteiger charge is -1.90. The summed E-state index contributed by atoms with van der Waals surface area (Å²) in [4.78, 5) is 0. The van der Waals surface area contributed by atoms with Gasteiger partial charge in [0, 0.05) is 6.72 Å². The van der Waals surface area contributed by atoms with Gasteiger partial charge in [0.05, 0.1) is 0 Å². The molecular formula is C2H7N5. The Kier molecular flexibility index (Phi) is 2.42. The van der Waals surface area contributed by atoms with E-state index in [4.69, 9.17) is 5.73 Å². The minimum absolute atomic E-state index is 0.0509. The number of nitrogens with one attached hydrogen (secondary N) is 1. The first-order valence-corrected chi connectivity index (χ1v) is 1.56. The first kappa shape index (κ1) is 5.74. The van der Waals surface area contributed by atoms with Crippen LogP contribution in [0.3, 0.4) is 0 Å². The van der Waals surface area contributed by atoms with Crippen LogP contribution in [0, 0.1) is 0 Å². The van der Waals surface area contributed by atoms with Gasteiger partial charge in [0.15, 0.2) is 0 Å². The van der Waals surface area contributed by atoms with Crippen LogP contribution in [0.25, 0.3) is 0 Å². The lowest BCUT2D eigenvalue weighted by Crippen LogP contribution is -2.27. The molecule has 0 fully saturated rings. The molecule has 5 heteroatoms. The number of guanidine groups is 1. The first-order chi connectivity index (χ1) is 3.31. The number of hydrazone groups is 2. The molecule has 0 saturated heterocycles. The third kappa shape index (κ3) is 2.54. The number of hydrogen-bond acceptors (Lipinski definition) is 3. The lowest BCUT2D eigenvalue weighted by atomic mass is 11.1. The van der Waals surface area contributed by atoms with Crippen molar-refractivity contribution in [1.82, 2.24) is 5.43 Å². The summed E-state index contributed by atoms with van der Waals surface area (Å²) in [5.41, 5.74) is 7.18. The number of hydrogen-bond donors (Lipinski definition) is 3. The van der Waals surface area contributed by atoms with Crippen molar-refractivity contribution in [3.63, 3.8) is 0 Å². The summed E-state index contributed by atoms with van der Waals surface area (Å²) < 4.78 is 0. The highest BCUT2D eigenvalue weighted by Gasteiger charge is 1.76. The molecule has 0 spiro atoms. The molecule has 7 heavy (non-hydrogen) atoms. The maximum Gasteiger partial charge on any atom is 0.231 e. The van der Waals surface area contributed by atoms with Gasteiger partial charge in [-0.1, -0.05) is 0 Å². The predicted octanol–water partition coefficient (Wildman–Crippen LogP) is -1.62. The highest BCUT2D eigenvalue weighted by molar-refractivity contribution is 5.77. The van der Waals surface area contributed by atoms with Crippen LogP contribution >= 0.6 is 0 Å². The van der Waals surface area contributed by atoms with Crippen molar-refractivity contribution in [2.45, 2.75) is 0 Å². The van der Waals surface area contributed by atoms with E-state index in [9.17, 15) is 0 Å². The van der Waals surface area contributed by atoms with Gasteiger partial charge in [-0.3, -0.25) is 0 Å². The normalized spacial score (nSPS) is 10.6. The minimum atomic E-state index is 0.0509. The molecular weight excluding hydrogens is 94.1 g/mol. The molecule has 0 radical (unpaired) electrons. The molecule has 0 bridgehead atoms. The monoisotopic (exact) mass is 101 g/mol. The summed E-state index contributed by atoms with van der Waals surface area (Å²) in [6.45, 7) is 3.07. The Hall–Kier alpha value is -1.26. The van der Waals surface area contributed by atoms with Crippen molar-refractivity contribution in [2.24, 2.45) is 21.8 Å². The molecule has 5 nitrogen and oxygen atoms in total. The van der Waals surface area contributed by atoms with Gasteiger partial charge < -0.3 is 11.6 Å². The average molecular weight is 101 g/mol. The molecule has 0 aliphatic heterocycles. The Bertz CT molecular complexity index is 84.1. The summed E-state index contributed by atoms with van der Waals surface area (Å²) >= 11 is 0. The fraction of sp³-hybridized carbons (Fsp3) is 0. The van der Waals surface area contributed by atoms with Crippen molar-refractivity contribution < 1.29 is 0 Å². The molecule has 0 aromatic carbocycles. The van der Waals surface area contributed by atoms with Crippen LogP contribution in [0.2, 0.25) is 0 Å². The van der Waals surface area contributed by atoms with E-state index in [0.29, 0.717) is 0 Å². The molecule has 0 saturated carbocycles. The van der Waals surface area contributed by atoms with E-state index in [1.807, 2.05) is 0 Å². The maximum atomic E-state index is 4.96. The van der Waals surface area contributed by atoms with Crippen LogP contribution in [0.4, 0.5) is 0 Å². The van der Waals surface area contributed by atoms with Crippen molar-refractivity contribution in [3.05, 3.63) is 0 Å². The van der Waals surface area contributed by atoms with E-state index in [1.54, 1.807) is 0 Å². The Labute approximate surface area is 41.1 Å². The summed E-state index contributed by atoms with van der Waals surface area (Å²) in [6, 6.07) is 0. The van der Waals surface area contributed by atoms with Gasteiger partial charge in [-0.25, -0.2) is 5.43 Å². The fourth-order valence-electron chi connectivity index (χ4n) is 0.110.